The summed E-state index contributed by atoms with van der Waals surface area (Å²) in [6.45, 7) is 3.36. The molecule has 0 saturated carbocycles. The Labute approximate surface area is 103 Å². The van der Waals surface area contributed by atoms with Crippen LogP contribution in [-0.2, 0) is 0 Å². The third-order valence-corrected chi connectivity index (χ3v) is 2.50. The smallest absolute Gasteiger partial charge is 0.285 e. The number of rotatable bonds is 3. The molecule has 1 heterocycles. The van der Waals surface area contributed by atoms with Gasteiger partial charge >= 0.3 is 0 Å². The van der Waals surface area contributed by atoms with E-state index in [1.165, 1.54) is 0 Å². The van der Waals surface area contributed by atoms with Gasteiger partial charge in [-0.2, -0.15) is 4.98 Å². The number of nitrogens with two attached hydrogens (primary N) is 1. The molecule has 0 radical (unpaired) electrons. The number of para-hydroxylation sites is 1. The first-order valence-electron chi connectivity index (χ1n) is 5.34. The number of aryl methyl sites for hydroxylation is 1. The molecule has 7 heteroatoms. The molecule has 0 aliphatic heterocycles. The van der Waals surface area contributed by atoms with Crippen LogP contribution in [0.4, 0.5) is 5.69 Å². The van der Waals surface area contributed by atoms with Crippen LogP contribution in [0.3, 0.4) is 0 Å². The summed E-state index contributed by atoms with van der Waals surface area (Å²) in [7, 11) is 0. The molecule has 18 heavy (non-hydrogen) atoms. The standard InChI is InChI=1S/C11H12N4O3/c1-6-4-3-5-8(9(6)15(16)17)11-13-10(7(2)12)14-18-11/h3-5,7H,12H2,1-2H3. The summed E-state index contributed by atoms with van der Waals surface area (Å²) in [6.07, 6.45) is 0. The van der Waals surface area contributed by atoms with Crippen molar-refractivity contribution in [2.75, 3.05) is 0 Å². The van der Waals surface area contributed by atoms with Gasteiger partial charge in [0.25, 0.3) is 11.6 Å². The first-order chi connectivity index (χ1) is 8.50. The molecule has 2 rings (SSSR count). The largest absolute Gasteiger partial charge is 0.334 e. The average Bonchev–Trinajstić information content (AvgIpc) is 2.77. The van der Waals surface area contributed by atoms with Crippen molar-refractivity contribution in [2.45, 2.75) is 19.9 Å². The van der Waals surface area contributed by atoms with E-state index < -0.39 is 4.92 Å². The third-order valence-electron chi connectivity index (χ3n) is 2.50. The first-order valence-corrected chi connectivity index (χ1v) is 5.34. The van der Waals surface area contributed by atoms with Crippen molar-refractivity contribution in [2.24, 2.45) is 5.73 Å². The normalized spacial score (nSPS) is 12.4. The van der Waals surface area contributed by atoms with Crippen molar-refractivity contribution in [1.29, 1.82) is 0 Å². The van der Waals surface area contributed by atoms with Crippen molar-refractivity contribution >= 4 is 5.69 Å². The van der Waals surface area contributed by atoms with Crippen LogP contribution in [-0.4, -0.2) is 15.1 Å². The van der Waals surface area contributed by atoms with E-state index in [1.54, 1.807) is 32.0 Å². The van der Waals surface area contributed by atoms with Crippen molar-refractivity contribution in [3.63, 3.8) is 0 Å². The number of hydrogen-bond donors (Lipinski definition) is 1. The van der Waals surface area contributed by atoms with Gasteiger partial charge in [0, 0.05) is 5.56 Å². The van der Waals surface area contributed by atoms with Crippen LogP contribution in [0.5, 0.6) is 0 Å². The Morgan fingerprint density at radius 1 is 1.50 bits per heavy atom. The van der Waals surface area contributed by atoms with Crippen molar-refractivity contribution in [1.82, 2.24) is 10.1 Å². The molecule has 0 fully saturated rings. The van der Waals surface area contributed by atoms with Gasteiger partial charge in [-0.25, -0.2) is 0 Å². The van der Waals surface area contributed by atoms with E-state index in [4.69, 9.17) is 10.3 Å². The zero-order chi connectivity index (χ0) is 13.3. The molecular formula is C11H12N4O3. The second-order valence-electron chi connectivity index (χ2n) is 3.97. The summed E-state index contributed by atoms with van der Waals surface area (Å²) in [5.74, 6) is 0.429. The predicted molar refractivity (Wildman–Crippen MR) is 63.7 cm³/mol. The lowest BCUT2D eigenvalue weighted by Crippen LogP contribution is -2.06. The molecule has 2 aromatic rings. The molecule has 1 atom stereocenters. The van der Waals surface area contributed by atoms with E-state index in [1.807, 2.05) is 0 Å². The Morgan fingerprint density at radius 3 is 2.78 bits per heavy atom. The minimum atomic E-state index is -0.458. The van der Waals surface area contributed by atoms with E-state index in [2.05, 4.69) is 10.1 Å². The summed E-state index contributed by atoms with van der Waals surface area (Å²) in [6, 6.07) is 4.55. The van der Waals surface area contributed by atoms with E-state index >= 15 is 0 Å². The summed E-state index contributed by atoms with van der Waals surface area (Å²) in [4.78, 5) is 14.6. The lowest BCUT2D eigenvalue weighted by atomic mass is 10.1. The van der Waals surface area contributed by atoms with Crippen LogP contribution >= 0.6 is 0 Å². The minimum Gasteiger partial charge on any atom is -0.334 e. The third kappa shape index (κ3) is 2.07. The zero-order valence-electron chi connectivity index (χ0n) is 9.95. The summed E-state index contributed by atoms with van der Waals surface area (Å²) >= 11 is 0. The molecule has 1 aromatic carbocycles. The van der Waals surface area contributed by atoms with Gasteiger partial charge in [-0.1, -0.05) is 17.3 Å². The monoisotopic (exact) mass is 248 g/mol. The minimum absolute atomic E-state index is 0.0302. The van der Waals surface area contributed by atoms with Gasteiger partial charge < -0.3 is 10.3 Å². The maximum atomic E-state index is 11.0. The van der Waals surface area contributed by atoms with Gasteiger partial charge in [-0.15, -0.1) is 0 Å². The highest BCUT2D eigenvalue weighted by Crippen LogP contribution is 2.31. The van der Waals surface area contributed by atoms with E-state index in [0.29, 0.717) is 17.0 Å². The molecule has 0 amide bonds. The molecule has 0 spiro atoms. The molecule has 7 nitrogen and oxygen atoms in total. The van der Waals surface area contributed by atoms with Crippen molar-refractivity contribution < 1.29 is 9.45 Å². The summed E-state index contributed by atoms with van der Waals surface area (Å²) < 4.78 is 5.01. The summed E-state index contributed by atoms with van der Waals surface area (Å²) in [5.41, 5.74) is 6.43. The van der Waals surface area contributed by atoms with Gasteiger partial charge in [-0.05, 0) is 19.9 Å². The van der Waals surface area contributed by atoms with Gasteiger partial charge in [0.15, 0.2) is 5.82 Å². The van der Waals surface area contributed by atoms with Crippen LogP contribution in [0.15, 0.2) is 22.7 Å². The number of benzene rings is 1. The zero-order valence-corrected chi connectivity index (χ0v) is 9.95. The summed E-state index contributed by atoms with van der Waals surface area (Å²) in [5, 5.41) is 14.7. The Balaban J connectivity index is 2.56. The van der Waals surface area contributed by atoms with Gasteiger partial charge in [0.05, 0.1) is 11.0 Å². The highest BCUT2D eigenvalue weighted by Gasteiger charge is 2.23. The molecule has 1 unspecified atom stereocenters. The fourth-order valence-electron chi connectivity index (χ4n) is 1.60. The Bertz CT molecular complexity index is 592. The van der Waals surface area contributed by atoms with Crippen LogP contribution in [0.2, 0.25) is 0 Å². The SMILES string of the molecule is Cc1cccc(-c2nc(C(C)N)no2)c1[N+](=O)[O-]. The second-order valence-corrected chi connectivity index (χ2v) is 3.97. The number of nitro groups is 1. The first kappa shape index (κ1) is 12.2. The fraction of sp³-hybridized carbons (Fsp3) is 0.273. The predicted octanol–water partition coefficient (Wildman–Crippen LogP) is 1.97. The quantitative estimate of drug-likeness (QED) is 0.657. The highest BCUT2D eigenvalue weighted by molar-refractivity contribution is 5.69. The lowest BCUT2D eigenvalue weighted by Gasteiger charge is -2.00. The molecule has 1 aromatic heterocycles. The van der Waals surface area contributed by atoms with Gasteiger partial charge in [0.2, 0.25) is 0 Å². The van der Waals surface area contributed by atoms with E-state index in [0.717, 1.165) is 0 Å². The molecule has 0 aliphatic carbocycles. The van der Waals surface area contributed by atoms with Crippen LogP contribution in [0.25, 0.3) is 11.5 Å². The van der Waals surface area contributed by atoms with Gasteiger partial charge in [0.1, 0.15) is 5.56 Å². The van der Waals surface area contributed by atoms with Crippen LogP contribution in [0, 0.1) is 17.0 Å². The molecule has 0 aliphatic rings. The average molecular weight is 248 g/mol. The topological polar surface area (TPSA) is 108 Å². The maximum absolute atomic E-state index is 11.0. The lowest BCUT2D eigenvalue weighted by molar-refractivity contribution is -0.384. The van der Waals surface area contributed by atoms with Crippen molar-refractivity contribution in [3.05, 3.63) is 39.7 Å². The fourth-order valence-corrected chi connectivity index (χ4v) is 1.60. The van der Waals surface area contributed by atoms with Crippen LogP contribution in [0.1, 0.15) is 24.4 Å². The van der Waals surface area contributed by atoms with E-state index in [9.17, 15) is 10.1 Å². The number of nitrogens with zero attached hydrogens (tertiary/aromatic N) is 3. The van der Waals surface area contributed by atoms with Gasteiger partial charge in [-0.3, -0.25) is 10.1 Å². The molecule has 94 valence electrons. The second kappa shape index (κ2) is 4.53. The molecule has 0 bridgehead atoms. The Hall–Kier alpha value is -2.28. The Kier molecular flexibility index (Phi) is 3.07. The molecule has 2 N–H and O–H groups in total. The maximum Gasteiger partial charge on any atom is 0.285 e. The molecule has 0 saturated heterocycles. The number of nitro benzene ring substituents is 1. The van der Waals surface area contributed by atoms with Crippen molar-refractivity contribution in [3.8, 4) is 11.5 Å². The number of aromatic nitrogens is 2. The number of hydrogen-bond acceptors (Lipinski definition) is 6. The van der Waals surface area contributed by atoms with Crippen LogP contribution < -0.4 is 5.73 Å². The van der Waals surface area contributed by atoms with E-state index in [-0.39, 0.29) is 17.6 Å². The molecular weight excluding hydrogens is 236 g/mol. The highest BCUT2D eigenvalue weighted by atomic mass is 16.6. The Morgan fingerprint density at radius 2 is 2.22 bits per heavy atom.